The van der Waals surface area contributed by atoms with Crippen molar-refractivity contribution in [3.05, 3.63) is 58.6 Å². The van der Waals surface area contributed by atoms with Crippen LogP contribution in [0.25, 0.3) is 0 Å². The summed E-state index contributed by atoms with van der Waals surface area (Å²) in [6, 6.07) is 8.75. The second-order valence-electron chi connectivity index (χ2n) is 4.16. The van der Waals surface area contributed by atoms with E-state index in [9.17, 15) is 8.78 Å². The summed E-state index contributed by atoms with van der Waals surface area (Å²) in [5.41, 5.74) is 6.67. The van der Waals surface area contributed by atoms with Gasteiger partial charge in [-0.25, -0.2) is 8.78 Å². The number of hydrogen-bond acceptors (Lipinski definition) is 2. The van der Waals surface area contributed by atoms with E-state index in [1.165, 1.54) is 12.1 Å². The van der Waals surface area contributed by atoms with E-state index in [4.69, 9.17) is 17.3 Å². The normalized spacial score (nSPS) is 12.5. The molecule has 0 aliphatic heterocycles. The van der Waals surface area contributed by atoms with E-state index in [2.05, 4.69) is 0 Å². The van der Waals surface area contributed by atoms with Gasteiger partial charge in [-0.1, -0.05) is 29.4 Å². The monoisotopic (exact) mass is 299 g/mol. The molecule has 1 atom stereocenters. The number of halogens is 3. The zero-order valence-electron chi connectivity index (χ0n) is 10.2. The van der Waals surface area contributed by atoms with Gasteiger partial charge in [0.25, 0.3) is 0 Å². The van der Waals surface area contributed by atoms with Gasteiger partial charge in [0.1, 0.15) is 11.6 Å². The molecule has 5 heteroatoms. The average molecular weight is 300 g/mol. The lowest BCUT2D eigenvalue weighted by molar-refractivity contribution is 0.565. The van der Waals surface area contributed by atoms with Gasteiger partial charge in [0.05, 0.1) is 5.02 Å². The summed E-state index contributed by atoms with van der Waals surface area (Å²) < 4.78 is 26.4. The largest absolute Gasteiger partial charge is 0.324 e. The zero-order valence-corrected chi connectivity index (χ0v) is 11.7. The Balaban J connectivity index is 2.28. The smallest absolute Gasteiger partial charge is 0.140 e. The summed E-state index contributed by atoms with van der Waals surface area (Å²) in [6.45, 7) is 1.86. The van der Waals surface area contributed by atoms with Crippen LogP contribution in [0.15, 0.2) is 46.2 Å². The van der Waals surface area contributed by atoms with Gasteiger partial charge >= 0.3 is 0 Å². The molecule has 2 rings (SSSR count). The first-order chi connectivity index (χ1) is 8.97. The highest BCUT2D eigenvalue weighted by atomic mass is 35.5. The fourth-order valence-corrected chi connectivity index (χ4v) is 2.69. The van der Waals surface area contributed by atoms with Crippen LogP contribution in [0.4, 0.5) is 8.78 Å². The maximum atomic E-state index is 13.6. The van der Waals surface area contributed by atoms with Crippen LogP contribution in [0, 0.1) is 11.6 Å². The van der Waals surface area contributed by atoms with Crippen LogP contribution in [0.1, 0.15) is 18.5 Å². The van der Waals surface area contributed by atoms with Crippen molar-refractivity contribution in [2.24, 2.45) is 5.73 Å². The molecule has 0 spiro atoms. The summed E-state index contributed by atoms with van der Waals surface area (Å²) in [5.74, 6) is -1.20. The fraction of sp³-hybridized carbons (Fsp3) is 0.143. The second kappa shape index (κ2) is 5.90. The Labute approximate surface area is 119 Å². The van der Waals surface area contributed by atoms with Crippen molar-refractivity contribution in [3.8, 4) is 0 Å². The highest BCUT2D eigenvalue weighted by Gasteiger charge is 2.10. The van der Waals surface area contributed by atoms with Gasteiger partial charge in [-0.3, -0.25) is 0 Å². The molecule has 1 nitrogen and oxygen atoms in total. The molecule has 0 aromatic heterocycles. The van der Waals surface area contributed by atoms with Crippen molar-refractivity contribution in [1.82, 2.24) is 0 Å². The van der Waals surface area contributed by atoms with E-state index in [1.807, 2.05) is 13.0 Å². The Morgan fingerprint density at radius 3 is 2.37 bits per heavy atom. The average Bonchev–Trinajstić information content (AvgIpc) is 2.34. The summed E-state index contributed by atoms with van der Waals surface area (Å²) >= 11 is 7.29. The van der Waals surface area contributed by atoms with Crippen LogP contribution >= 0.6 is 23.4 Å². The van der Waals surface area contributed by atoms with Crippen molar-refractivity contribution in [1.29, 1.82) is 0 Å². The highest BCUT2D eigenvalue weighted by Crippen LogP contribution is 2.35. The molecule has 100 valence electrons. The summed E-state index contributed by atoms with van der Waals surface area (Å²) in [4.78, 5) is 1.04. The van der Waals surface area contributed by atoms with Crippen LogP contribution in [-0.2, 0) is 0 Å². The van der Waals surface area contributed by atoms with Crippen LogP contribution in [-0.4, -0.2) is 0 Å². The summed E-state index contributed by atoms with van der Waals surface area (Å²) in [5, 5.41) is 0.503. The van der Waals surface area contributed by atoms with Crippen LogP contribution in [0.5, 0.6) is 0 Å². The molecule has 0 aliphatic rings. The van der Waals surface area contributed by atoms with Gasteiger partial charge in [0, 0.05) is 21.9 Å². The minimum absolute atomic E-state index is 0.112. The van der Waals surface area contributed by atoms with E-state index in [1.54, 1.807) is 12.1 Å². The van der Waals surface area contributed by atoms with Crippen LogP contribution in [0.2, 0.25) is 5.02 Å². The topological polar surface area (TPSA) is 26.0 Å². The van der Waals surface area contributed by atoms with Gasteiger partial charge < -0.3 is 5.73 Å². The maximum Gasteiger partial charge on any atom is 0.140 e. The first kappa shape index (κ1) is 14.3. The molecule has 0 aliphatic carbocycles. The van der Waals surface area contributed by atoms with E-state index in [-0.39, 0.29) is 6.04 Å². The van der Waals surface area contributed by atoms with Crippen molar-refractivity contribution in [2.75, 3.05) is 0 Å². The maximum absolute atomic E-state index is 13.6. The molecule has 2 aromatic rings. The minimum atomic E-state index is -0.600. The van der Waals surface area contributed by atoms with E-state index in [0.717, 1.165) is 23.4 Å². The predicted molar refractivity (Wildman–Crippen MR) is 74.5 cm³/mol. The molecule has 0 saturated carbocycles. The van der Waals surface area contributed by atoms with Crippen molar-refractivity contribution in [2.45, 2.75) is 22.8 Å². The van der Waals surface area contributed by atoms with E-state index < -0.39 is 11.6 Å². The third-order valence-corrected chi connectivity index (χ3v) is 4.15. The number of rotatable bonds is 3. The van der Waals surface area contributed by atoms with Crippen molar-refractivity contribution >= 4 is 23.4 Å². The third-order valence-electron chi connectivity index (χ3n) is 2.60. The van der Waals surface area contributed by atoms with E-state index in [0.29, 0.717) is 14.8 Å². The summed E-state index contributed by atoms with van der Waals surface area (Å²) in [6.07, 6.45) is 0. The number of benzene rings is 2. The van der Waals surface area contributed by atoms with Gasteiger partial charge in [-0.05, 0) is 36.8 Å². The molecule has 2 aromatic carbocycles. The second-order valence-corrected chi connectivity index (χ2v) is 5.65. The first-order valence-electron chi connectivity index (χ1n) is 5.65. The Hall–Kier alpha value is -1.10. The van der Waals surface area contributed by atoms with Crippen molar-refractivity contribution < 1.29 is 8.78 Å². The van der Waals surface area contributed by atoms with Gasteiger partial charge in [0.15, 0.2) is 0 Å². The molecule has 0 radical (unpaired) electrons. The highest BCUT2D eigenvalue weighted by molar-refractivity contribution is 7.99. The van der Waals surface area contributed by atoms with E-state index >= 15 is 0 Å². The Kier molecular flexibility index (Phi) is 4.45. The Bertz CT molecular complexity index is 602. The standard InChI is InChI=1S/C14H12ClF2NS/c1-8(18)9-2-4-13(11(15)6-9)19-14-5-3-10(16)7-12(14)17/h2-8H,18H2,1H3. The number of nitrogens with two attached hydrogens (primary N) is 1. The lowest BCUT2D eigenvalue weighted by Crippen LogP contribution is -2.04. The predicted octanol–water partition coefficient (Wildman–Crippen LogP) is 4.79. The SMILES string of the molecule is CC(N)c1ccc(Sc2ccc(F)cc2F)c(Cl)c1. The van der Waals surface area contributed by atoms with Crippen LogP contribution in [0.3, 0.4) is 0 Å². The molecular weight excluding hydrogens is 288 g/mol. The van der Waals surface area contributed by atoms with Crippen LogP contribution < -0.4 is 5.73 Å². The molecule has 0 fully saturated rings. The molecule has 0 saturated heterocycles. The molecular formula is C14H12ClF2NS. The Morgan fingerprint density at radius 2 is 1.79 bits per heavy atom. The van der Waals surface area contributed by atoms with Gasteiger partial charge in [0.2, 0.25) is 0 Å². The number of hydrogen-bond donors (Lipinski definition) is 1. The molecule has 1 unspecified atom stereocenters. The Morgan fingerprint density at radius 1 is 1.11 bits per heavy atom. The lowest BCUT2D eigenvalue weighted by atomic mass is 10.1. The molecule has 0 bridgehead atoms. The third kappa shape index (κ3) is 3.47. The lowest BCUT2D eigenvalue weighted by Gasteiger charge is -2.09. The van der Waals surface area contributed by atoms with Crippen molar-refractivity contribution in [3.63, 3.8) is 0 Å². The van der Waals surface area contributed by atoms with Gasteiger partial charge in [-0.15, -0.1) is 0 Å². The molecule has 19 heavy (non-hydrogen) atoms. The quantitative estimate of drug-likeness (QED) is 0.882. The minimum Gasteiger partial charge on any atom is -0.324 e. The summed E-state index contributed by atoms with van der Waals surface area (Å²) in [7, 11) is 0. The zero-order chi connectivity index (χ0) is 14.0. The van der Waals surface area contributed by atoms with Gasteiger partial charge in [-0.2, -0.15) is 0 Å². The molecule has 0 amide bonds. The molecule has 0 heterocycles. The first-order valence-corrected chi connectivity index (χ1v) is 6.85. The molecule has 2 N–H and O–H groups in total. The fourth-order valence-electron chi connectivity index (χ4n) is 1.56.